The van der Waals surface area contributed by atoms with Gasteiger partial charge < -0.3 is 15.8 Å². The minimum absolute atomic E-state index is 0.195. The van der Waals surface area contributed by atoms with E-state index in [0.29, 0.717) is 23.8 Å². The monoisotopic (exact) mass is 568 g/mol. The number of anilines is 1. The number of fused-ring (bicyclic) bond motifs is 2. The van der Waals surface area contributed by atoms with Crippen molar-refractivity contribution in [3.8, 4) is 11.3 Å². The van der Waals surface area contributed by atoms with Gasteiger partial charge in [-0.2, -0.15) is 5.10 Å². The Balaban J connectivity index is 1.13. The maximum Gasteiger partial charge on any atom is 0.164 e. The topological polar surface area (TPSA) is 112 Å². The van der Waals surface area contributed by atoms with Crippen molar-refractivity contribution in [3.63, 3.8) is 0 Å². The summed E-state index contributed by atoms with van der Waals surface area (Å²) in [5.41, 5.74) is 11.5. The smallest absolute Gasteiger partial charge is 0.164 e. The molecule has 218 valence electrons. The van der Waals surface area contributed by atoms with Gasteiger partial charge in [-0.1, -0.05) is 30.3 Å². The number of hydrogen-bond acceptors (Lipinski definition) is 7. The summed E-state index contributed by atoms with van der Waals surface area (Å²) in [4.78, 5) is 17.4. The molecule has 1 saturated heterocycles. The number of β-amino-alcohol motifs (C(OH)–C–C–N with tert-alkyl or cyclic N) is 1. The van der Waals surface area contributed by atoms with Crippen molar-refractivity contribution >= 4 is 27.8 Å². The van der Waals surface area contributed by atoms with Gasteiger partial charge in [0.2, 0.25) is 0 Å². The number of nitrogen functional groups attached to an aromatic ring is 1. The molecule has 0 spiro atoms. The number of aromatic nitrogens is 5. The van der Waals surface area contributed by atoms with Gasteiger partial charge in [0.1, 0.15) is 23.7 Å². The Morgan fingerprint density at radius 3 is 2.52 bits per heavy atom. The molecule has 2 fully saturated rings. The third-order valence-electron chi connectivity index (χ3n) is 9.16. The quantitative estimate of drug-likeness (QED) is 0.267. The third kappa shape index (κ3) is 5.14. The molecule has 1 aliphatic carbocycles. The van der Waals surface area contributed by atoms with Crippen molar-refractivity contribution in [2.75, 3.05) is 45.1 Å². The van der Waals surface area contributed by atoms with E-state index in [-0.39, 0.29) is 18.5 Å². The number of hydrogen-bond donors (Lipinski definition) is 3. The number of nitrogens with one attached hydrogen (secondary N) is 1. The fourth-order valence-electron chi connectivity index (χ4n) is 6.89. The molecular weight excluding hydrogens is 531 g/mol. The van der Waals surface area contributed by atoms with Crippen LogP contribution < -0.4 is 5.73 Å². The highest BCUT2D eigenvalue weighted by atomic mass is 19.1. The average Bonchev–Trinajstić information content (AvgIpc) is 3.61. The lowest BCUT2D eigenvalue weighted by Crippen LogP contribution is -2.51. The van der Waals surface area contributed by atoms with Gasteiger partial charge in [-0.05, 0) is 54.8 Å². The predicted molar refractivity (Wildman–Crippen MR) is 163 cm³/mol. The summed E-state index contributed by atoms with van der Waals surface area (Å²) in [6, 6.07) is 16.0. The molecule has 42 heavy (non-hydrogen) atoms. The second kappa shape index (κ2) is 11.4. The zero-order valence-corrected chi connectivity index (χ0v) is 23.7. The normalized spacial score (nSPS) is 20.5. The first-order valence-electron chi connectivity index (χ1n) is 15.0. The Morgan fingerprint density at radius 1 is 0.952 bits per heavy atom. The Hall–Kier alpha value is -3.86. The van der Waals surface area contributed by atoms with Gasteiger partial charge in [-0.25, -0.2) is 19.0 Å². The van der Waals surface area contributed by atoms with Crippen LogP contribution in [-0.4, -0.2) is 85.0 Å². The number of halogens is 1. The van der Waals surface area contributed by atoms with Crippen LogP contribution in [0.25, 0.3) is 33.2 Å². The second-order valence-electron chi connectivity index (χ2n) is 11.7. The van der Waals surface area contributed by atoms with Crippen LogP contribution >= 0.6 is 0 Å². The van der Waals surface area contributed by atoms with Crippen LogP contribution in [0, 0.1) is 5.82 Å². The molecule has 4 heterocycles. The minimum atomic E-state index is -0.195. The lowest BCUT2D eigenvalue weighted by atomic mass is 9.90. The maximum atomic E-state index is 14.3. The highest BCUT2D eigenvalue weighted by Gasteiger charge is 2.31. The summed E-state index contributed by atoms with van der Waals surface area (Å²) in [7, 11) is 0. The van der Waals surface area contributed by atoms with Crippen LogP contribution in [-0.2, 0) is 6.42 Å². The molecule has 7 rings (SSSR count). The molecule has 3 aromatic heterocycles. The SMILES string of the molecule is Nc1ncnc2c1c(-c1ccc3cc(Cc4ccccc4F)[nH]c3c1)nn2[C@H]1CC[C@H](N2CCN(CCO)CC2)CC1. The summed E-state index contributed by atoms with van der Waals surface area (Å²) in [5.74, 6) is 0.237. The van der Waals surface area contributed by atoms with Crippen LogP contribution in [0.1, 0.15) is 43.0 Å². The van der Waals surface area contributed by atoms with Gasteiger partial charge in [0.25, 0.3) is 0 Å². The molecular formula is C32H37FN8O. The molecule has 2 aromatic carbocycles. The van der Waals surface area contributed by atoms with E-state index in [1.54, 1.807) is 6.07 Å². The fraction of sp³-hybridized carbons (Fsp3) is 0.406. The molecule has 0 atom stereocenters. The van der Waals surface area contributed by atoms with E-state index in [9.17, 15) is 9.50 Å². The first-order chi connectivity index (χ1) is 20.6. The van der Waals surface area contributed by atoms with E-state index in [2.05, 4.69) is 53.7 Å². The van der Waals surface area contributed by atoms with Crippen LogP contribution in [0.2, 0.25) is 0 Å². The number of rotatable bonds is 7. The van der Waals surface area contributed by atoms with Crippen molar-refractivity contribution in [1.29, 1.82) is 0 Å². The van der Waals surface area contributed by atoms with Gasteiger partial charge in [0.15, 0.2) is 5.65 Å². The Labute approximate surface area is 244 Å². The number of aliphatic hydroxyl groups excluding tert-OH is 1. The van der Waals surface area contributed by atoms with E-state index in [0.717, 1.165) is 97.3 Å². The molecule has 5 aromatic rings. The van der Waals surface area contributed by atoms with Crippen molar-refractivity contribution in [1.82, 2.24) is 34.5 Å². The van der Waals surface area contributed by atoms with Gasteiger partial charge in [-0.15, -0.1) is 0 Å². The van der Waals surface area contributed by atoms with Gasteiger partial charge in [0.05, 0.1) is 18.0 Å². The number of aliphatic hydroxyl groups is 1. The Kier molecular flexibility index (Phi) is 7.35. The van der Waals surface area contributed by atoms with Crippen molar-refractivity contribution in [3.05, 3.63) is 71.9 Å². The van der Waals surface area contributed by atoms with Gasteiger partial charge in [0, 0.05) is 62.0 Å². The average molecular weight is 569 g/mol. The largest absolute Gasteiger partial charge is 0.395 e. The number of nitrogens with zero attached hydrogens (tertiary/aromatic N) is 6. The minimum Gasteiger partial charge on any atom is -0.395 e. The van der Waals surface area contributed by atoms with Gasteiger partial charge >= 0.3 is 0 Å². The molecule has 0 unspecified atom stereocenters. The molecule has 0 bridgehead atoms. The number of piperazine rings is 1. The number of benzene rings is 2. The van der Waals surface area contributed by atoms with Crippen LogP contribution in [0.15, 0.2) is 54.9 Å². The van der Waals surface area contributed by atoms with Gasteiger partial charge in [-0.3, -0.25) is 9.80 Å². The van der Waals surface area contributed by atoms with Crippen LogP contribution in [0.4, 0.5) is 10.2 Å². The second-order valence-corrected chi connectivity index (χ2v) is 11.7. The maximum absolute atomic E-state index is 14.3. The highest BCUT2D eigenvalue weighted by Crippen LogP contribution is 2.37. The number of nitrogens with two attached hydrogens (primary N) is 1. The summed E-state index contributed by atoms with van der Waals surface area (Å²) in [6.07, 6.45) is 6.35. The van der Waals surface area contributed by atoms with E-state index >= 15 is 0 Å². The lowest BCUT2D eigenvalue weighted by molar-refractivity contribution is 0.0629. The number of aromatic amines is 1. The molecule has 10 heteroatoms. The summed E-state index contributed by atoms with van der Waals surface area (Å²) >= 11 is 0. The van der Waals surface area contributed by atoms with E-state index in [1.165, 1.54) is 12.4 Å². The number of H-pyrrole nitrogens is 1. The zero-order chi connectivity index (χ0) is 28.6. The Bertz CT molecular complexity index is 1700. The highest BCUT2D eigenvalue weighted by molar-refractivity contribution is 6.00. The summed E-state index contributed by atoms with van der Waals surface area (Å²) in [5, 5.41) is 16.2. The van der Waals surface area contributed by atoms with E-state index < -0.39 is 0 Å². The van der Waals surface area contributed by atoms with Crippen molar-refractivity contribution < 1.29 is 9.50 Å². The standard InChI is InChI=1S/C32H37FN8O/c33-27-4-2-1-3-21(27)17-24-18-22-5-6-23(19-28(22)37-24)30-29-31(34)35-20-36-32(29)41(38-30)26-9-7-25(8-10-26)40-13-11-39(12-14-40)15-16-42/h1-6,18-20,25-26,37,42H,7-17H2,(H2,34,35,36)/t25-,26-. The third-order valence-corrected chi connectivity index (χ3v) is 9.16. The fourth-order valence-corrected chi connectivity index (χ4v) is 6.89. The molecule has 1 aliphatic heterocycles. The molecule has 0 radical (unpaired) electrons. The molecule has 1 saturated carbocycles. The lowest BCUT2D eigenvalue weighted by Gasteiger charge is -2.41. The molecule has 4 N–H and O–H groups in total. The van der Waals surface area contributed by atoms with E-state index in [4.69, 9.17) is 10.8 Å². The summed E-state index contributed by atoms with van der Waals surface area (Å²) < 4.78 is 16.3. The van der Waals surface area contributed by atoms with Crippen molar-refractivity contribution in [2.24, 2.45) is 0 Å². The van der Waals surface area contributed by atoms with Crippen LogP contribution in [0.3, 0.4) is 0 Å². The first-order valence-corrected chi connectivity index (χ1v) is 15.0. The first kappa shape index (κ1) is 27.0. The zero-order valence-electron chi connectivity index (χ0n) is 23.7. The van der Waals surface area contributed by atoms with Crippen molar-refractivity contribution in [2.45, 2.75) is 44.2 Å². The van der Waals surface area contributed by atoms with Crippen LogP contribution in [0.5, 0.6) is 0 Å². The molecule has 0 amide bonds. The predicted octanol–water partition coefficient (Wildman–Crippen LogP) is 4.38. The Morgan fingerprint density at radius 2 is 1.74 bits per heavy atom. The van der Waals surface area contributed by atoms with E-state index in [1.807, 2.05) is 12.1 Å². The summed E-state index contributed by atoms with van der Waals surface area (Å²) in [6.45, 7) is 5.19. The molecule has 9 nitrogen and oxygen atoms in total. The molecule has 2 aliphatic rings.